The van der Waals surface area contributed by atoms with Gasteiger partial charge in [0.15, 0.2) is 6.10 Å². The van der Waals surface area contributed by atoms with Crippen molar-refractivity contribution in [3.8, 4) is 0 Å². The minimum atomic E-state index is -4.36. The van der Waals surface area contributed by atoms with Crippen molar-refractivity contribution in [2.45, 2.75) is 123 Å². The van der Waals surface area contributed by atoms with Crippen molar-refractivity contribution < 1.29 is 37.6 Å². The molecule has 41 heavy (non-hydrogen) atoms. The lowest BCUT2D eigenvalue weighted by atomic mass is 10.1. The Morgan fingerprint density at radius 2 is 1.34 bits per heavy atom. The van der Waals surface area contributed by atoms with E-state index in [1.165, 1.54) is 0 Å². The molecule has 2 atom stereocenters. The third kappa shape index (κ3) is 28.1. The second kappa shape index (κ2) is 28.4. The van der Waals surface area contributed by atoms with Gasteiger partial charge in [-0.3, -0.25) is 18.6 Å². The van der Waals surface area contributed by atoms with Crippen LogP contribution in [0.3, 0.4) is 0 Å². The van der Waals surface area contributed by atoms with Crippen molar-refractivity contribution in [1.82, 2.24) is 0 Å². The Balaban J connectivity index is 4.28. The Morgan fingerprint density at radius 1 is 0.756 bits per heavy atom. The number of esters is 2. The quantitative estimate of drug-likeness (QED) is 0.0405. The van der Waals surface area contributed by atoms with Gasteiger partial charge in [0.2, 0.25) is 0 Å². The lowest BCUT2D eigenvalue weighted by Crippen LogP contribution is -2.29. The Hall–Kier alpha value is -1.77. The Labute approximate surface area is 248 Å². The number of rotatable bonds is 28. The first-order valence-electron chi connectivity index (χ1n) is 15.5. The van der Waals surface area contributed by atoms with E-state index in [4.69, 9.17) is 24.3 Å². The number of ether oxygens (including phenoxy) is 2. The fourth-order valence-corrected chi connectivity index (χ4v) is 4.53. The topological polar surface area (TPSA) is 134 Å². The summed E-state index contributed by atoms with van der Waals surface area (Å²) < 4.78 is 32.3. The summed E-state index contributed by atoms with van der Waals surface area (Å²) in [5, 5.41) is 0. The number of nitrogens with two attached hydrogens (primary N) is 1. The molecule has 10 heteroatoms. The first-order chi connectivity index (χ1) is 19.8. The highest BCUT2D eigenvalue weighted by atomic mass is 31.2. The maximum Gasteiger partial charge on any atom is 0.472 e. The standard InChI is InChI=1S/C31H56NO8P/c1-3-5-7-9-10-11-12-13-14-15-16-17-18-20-22-24-31(34)40-29(28-39-41(35,36)38-26-25-32)27-37-30(33)23-21-19-8-6-4-2/h5,7,10-11,13-14,29H,3-4,6,8-9,12,15-28,32H2,1-2H3,(H,35,36)/b7-5-,11-10-,14-13-. The van der Waals surface area contributed by atoms with Crippen molar-refractivity contribution in [3.63, 3.8) is 0 Å². The van der Waals surface area contributed by atoms with Gasteiger partial charge >= 0.3 is 19.8 Å². The summed E-state index contributed by atoms with van der Waals surface area (Å²) in [5.74, 6) is -0.869. The summed E-state index contributed by atoms with van der Waals surface area (Å²) in [4.78, 5) is 34.2. The monoisotopic (exact) mass is 601 g/mol. The molecule has 0 aliphatic carbocycles. The molecule has 0 aromatic carbocycles. The average molecular weight is 602 g/mol. The van der Waals surface area contributed by atoms with Gasteiger partial charge in [0.05, 0.1) is 13.2 Å². The lowest BCUT2D eigenvalue weighted by molar-refractivity contribution is -0.161. The van der Waals surface area contributed by atoms with Crippen molar-refractivity contribution >= 4 is 19.8 Å². The summed E-state index contributed by atoms with van der Waals surface area (Å²) in [6, 6.07) is 0. The van der Waals surface area contributed by atoms with Crippen molar-refractivity contribution in [2.24, 2.45) is 5.73 Å². The zero-order valence-electron chi connectivity index (χ0n) is 25.5. The number of phosphoric ester groups is 1. The Bertz CT molecular complexity index is 784. The highest BCUT2D eigenvalue weighted by Gasteiger charge is 2.25. The van der Waals surface area contributed by atoms with Gasteiger partial charge in [-0.2, -0.15) is 0 Å². The van der Waals surface area contributed by atoms with Crippen LogP contribution in [-0.2, 0) is 32.7 Å². The molecule has 0 aromatic heterocycles. The summed E-state index contributed by atoms with van der Waals surface area (Å²) in [5.41, 5.74) is 5.29. The Morgan fingerprint density at radius 3 is 2.00 bits per heavy atom. The molecule has 0 bridgehead atoms. The molecule has 0 saturated carbocycles. The maximum atomic E-state index is 12.4. The van der Waals surface area contributed by atoms with Crippen molar-refractivity contribution in [1.29, 1.82) is 0 Å². The van der Waals surface area contributed by atoms with Gasteiger partial charge in [0.25, 0.3) is 0 Å². The average Bonchev–Trinajstić information content (AvgIpc) is 2.95. The second-order valence-electron chi connectivity index (χ2n) is 9.95. The first-order valence-corrected chi connectivity index (χ1v) is 17.0. The SMILES string of the molecule is CC/C=C\C/C=C\C/C=C\CCCCCCCC(=O)OC(COC(=O)CCCCCCC)COP(=O)(O)OCCN. The van der Waals surface area contributed by atoms with Crippen LogP contribution in [0.4, 0.5) is 0 Å². The lowest BCUT2D eigenvalue weighted by Gasteiger charge is -2.19. The number of hydrogen-bond acceptors (Lipinski definition) is 8. The first kappa shape index (κ1) is 39.2. The summed E-state index contributed by atoms with van der Waals surface area (Å²) in [6.07, 6.45) is 26.5. The molecule has 0 rings (SSSR count). The molecule has 0 fully saturated rings. The number of unbranched alkanes of at least 4 members (excludes halogenated alkanes) is 9. The van der Waals surface area contributed by atoms with Gasteiger partial charge in [0.1, 0.15) is 6.61 Å². The van der Waals surface area contributed by atoms with Gasteiger partial charge in [-0.25, -0.2) is 4.57 Å². The normalized spacial score (nSPS) is 14.1. The van der Waals surface area contributed by atoms with Gasteiger partial charge in [-0.1, -0.05) is 95.2 Å². The minimum absolute atomic E-state index is 0.0495. The van der Waals surface area contributed by atoms with Crippen LogP contribution in [0.5, 0.6) is 0 Å². The number of hydrogen-bond donors (Lipinski definition) is 2. The largest absolute Gasteiger partial charge is 0.472 e. The number of allylic oxidation sites excluding steroid dienone is 6. The fraction of sp³-hybridized carbons (Fsp3) is 0.742. The molecule has 2 unspecified atom stereocenters. The predicted octanol–water partition coefficient (Wildman–Crippen LogP) is 7.48. The van der Waals surface area contributed by atoms with Crippen molar-refractivity contribution in [3.05, 3.63) is 36.5 Å². The molecule has 238 valence electrons. The van der Waals surface area contributed by atoms with E-state index in [-0.39, 0.29) is 32.6 Å². The van der Waals surface area contributed by atoms with E-state index in [1.807, 2.05) is 0 Å². The zero-order valence-corrected chi connectivity index (χ0v) is 26.4. The molecule has 0 amide bonds. The molecular weight excluding hydrogens is 545 g/mol. The predicted molar refractivity (Wildman–Crippen MR) is 164 cm³/mol. The molecule has 0 aliphatic heterocycles. The van der Waals surface area contributed by atoms with E-state index in [2.05, 4.69) is 50.3 Å². The smallest absolute Gasteiger partial charge is 0.462 e. The summed E-state index contributed by atoms with van der Waals surface area (Å²) in [6.45, 7) is 3.46. The van der Waals surface area contributed by atoms with Crippen LogP contribution in [0.25, 0.3) is 0 Å². The molecule has 0 aromatic rings. The van der Waals surface area contributed by atoms with Crippen molar-refractivity contribution in [2.75, 3.05) is 26.4 Å². The highest BCUT2D eigenvalue weighted by Crippen LogP contribution is 2.43. The van der Waals surface area contributed by atoms with Gasteiger partial charge in [-0.15, -0.1) is 0 Å². The van der Waals surface area contributed by atoms with E-state index < -0.39 is 32.5 Å². The Kier molecular flexibility index (Phi) is 27.1. The van der Waals surface area contributed by atoms with Gasteiger partial charge in [0, 0.05) is 19.4 Å². The molecular formula is C31H56NO8P. The molecule has 0 spiro atoms. The van der Waals surface area contributed by atoms with Crippen LogP contribution in [0.15, 0.2) is 36.5 Å². The number of phosphoric acid groups is 1. The van der Waals surface area contributed by atoms with Crippen LogP contribution < -0.4 is 5.73 Å². The number of carbonyl (C=O) groups is 2. The number of carbonyl (C=O) groups excluding carboxylic acids is 2. The van der Waals surface area contributed by atoms with Crippen LogP contribution >= 0.6 is 7.82 Å². The fourth-order valence-electron chi connectivity index (χ4n) is 3.76. The maximum absolute atomic E-state index is 12.4. The van der Waals surface area contributed by atoms with E-state index in [1.54, 1.807) is 0 Å². The third-order valence-corrected chi connectivity index (χ3v) is 7.02. The minimum Gasteiger partial charge on any atom is -0.462 e. The molecule has 0 heterocycles. The zero-order chi connectivity index (χ0) is 30.4. The van der Waals surface area contributed by atoms with Crippen LogP contribution in [0.1, 0.15) is 117 Å². The summed E-state index contributed by atoms with van der Waals surface area (Å²) in [7, 11) is -4.36. The van der Waals surface area contributed by atoms with Gasteiger partial charge < -0.3 is 20.1 Å². The highest BCUT2D eigenvalue weighted by molar-refractivity contribution is 7.47. The third-order valence-electron chi connectivity index (χ3n) is 6.04. The molecule has 0 aliphatic rings. The van der Waals surface area contributed by atoms with Crippen LogP contribution in [0, 0.1) is 0 Å². The summed E-state index contributed by atoms with van der Waals surface area (Å²) >= 11 is 0. The van der Waals surface area contributed by atoms with E-state index in [9.17, 15) is 19.0 Å². The molecule has 0 saturated heterocycles. The van der Waals surface area contributed by atoms with Crippen LogP contribution in [0.2, 0.25) is 0 Å². The van der Waals surface area contributed by atoms with E-state index >= 15 is 0 Å². The van der Waals surface area contributed by atoms with E-state index in [0.717, 1.165) is 83.5 Å². The van der Waals surface area contributed by atoms with Crippen LogP contribution in [-0.4, -0.2) is 49.3 Å². The van der Waals surface area contributed by atoms with E-state index in [0.29, 0.717) is 6.42 Å². The second-order valence-corrected chi connectivity index (χ2v) is 11.4. The van der Waals surface area contributed by atoms with Gasteiger partial charge in [-0.05, 0) is 44.9 Å². The molecule has 3 N–H and O–H groups in total. The molecule has 9 nitrogen and oxygen atoms in total. The molecule has 0 radical (unpaired) electrons.